The third-order valence-electron chi connectivity index (χ3n) is 4.67. The van der Waals surface area contributed by atoms with Crippen LogP contribution in [-0.4, -0.2) is 18.0 Å². The number of halogens is 3. The molecule has 0 fully saturated rings. The molecule has 0 unspecified atom stereocenters. The summed E-state index contributed by atoms with van der Waals surface area (Å²) in [6, 6.07) is 13.9. The highest BCUT2D eigenvalue weighted by atomic mass is 19.4. The van der Waals surface area contributed by atoms with Crippen molar-refractivity contribution in [1.29, 1.82) is 0 Å². The number of alkyl halides is 3. The van der Waals surface area contributed by atoms with Crippen molar-refractivity contribution in [1.82, 2.24) is 4.98 Å². The Morgan fingerprint density at radius 3 is 2.37 bits per heavy atom. The van der Waals surface area contributed by atoms with Crippen molar-refractivity contribution in [2.24, 2.45) is 0 Å². The molecule has 1 aromatic heterocycles. The average Bonchev–Trinajstić information content (AvgIpc) is 2.73. The lowest BCUT2D eigenvalue weighted by atomic mass is 10.0. The van der Waals surface area contributed by atoms with Crippen molar-refractivity contribution in [2.75, 3.05) is 12.4 Å². The fourth-order valence-electron chi connectivity index (χ4n) is 3.03. The van der Waals surface area contributed by atoms with Crippen molar-refractivity contribution >= 4 is 11.6 Å². The molecule has 0 bridgehead atoms. The molecule has 0 aliphatic rings. The van der Waals surface area contributed by atoms with E-state index in [-0.39, 0.29) is 22.6 Å². The predicted octanol–water partition coefficient (Wildman–Crippen LogP) is 6.15. The number of anilines is 1. The van der Waals surface area contributed by atoms with E-state index in [0.29, 0.717) is 11.6 Å². The molecule has 2 aromatic carbocycles. The Hall–Kier alpha value is -3.35. The number of carbonyl (C=O) groups is 1. The lowest BCUT2D eigenvalue weighted by molar-refractivity contribution is -0.137. The summed E-state index contributed by atoms with van der Waals surface area (Å²) in [7, 11) is 1.33. The van der Waals surface area contributed by atoms with E-state index >= 15 is 0 Å². The third kappa shape index (κ3) is 4.62. The van der Waals surface area contributed by atoms with Crippen molar-refractivity contribution in [3.05, 3.63) is 77.5 Å². The number of nitrogens with zero attached hydrogens (tertiary/aromatic N) is 1. The minimum absolute atomic E-state index is 0.127. The molecular weight excluding hydrogens is 393 g/mol. The first-order valence-corrected chi connectivity index (χ1v) is 9.32. The molecule has 0 saturated heterocycles. The Balaban J connectivity index is 1.90. The van der Waals surface area contributed by atoms with E-state index in [0.717, 1.165) is 11.6 Å². The number of carbonyl (C=O) groups excluding carboxylic acids is 1. The van der Waals surface area contributed by atoms with Crippen LogP contribution < -0.4 is 10.1 Å². The number of rotatable bonds is 5. The zero-order valence-electron chi connectivity index (χ0n) is 16.7. The first-order valence-electron chi connectivity index (χ1n) is 9.32. The van der Waals surface area contributed by atoms with E-state index in [9.17, 15) is 18.0 Å². The fourth-order valence-corrected chi connectivity index (χ4v) is 3.03. The number of hydrogen-bond donors (Lipinski definition) is 1. The molecule has 1 heterocycles. The number of methoxy groups -OCH3 is 1. The monoisotopic (exact) mass is 414 g/mol. The summed E-state index contributed by atoms with van der Waals surface area (Å²) in [4.78, 5) is 16.5. The first-order chi connectivity index (χ1) is 14.2. The Kier molecular flexibility index (Phi) is 6.10. The molecule has 4 nitrogen and oxygen atoms in total. The number of ether oxygens (including phenoxy) is 1. The summed E-state index contributed by atoms with van der Waals surface area (Å²) in [6.45, 7) is 4.15. The van der Waals surface area contributed by atoms with Crippen molar-refractivity contribution < 1.29 is 22.7 Å². The van der Waals surface area contributed by atoms with Gasteiger partial charge in [0.15, 0.2) is 0 Å². The molecule has 3 aromatic rings. The fraction of sp³-hybridized carbons (Fsp3) is 0.217. The third-order valence-corrected chi connectivity index (χ3v) is 4.67. The molecule has 0 aliphatic carbocycles. The number of nitrogens with one attached hydrogen (secondary N) is 1. The second-order valence-corrected chi connectivity index (χ2v) is 7.04. The molecule has 0 spiro atoms. The maximum Gasteiger partial charge on any atom is 0.418 e. The van der Waals surface area contributed by atoms with Crippen LogP contribution in [0.3, 0.4) is 0 Å². The van der Waals surface area contributed by atoms with Gasteiger partial charge in [0.2, 0.25) is 0 Å². The number of amides is 1. The van der Waals surface area contributed by atoms with Crippen LogP contribution >= 0.6 is 0 Å². The van der Waals surface area contributed by atoms with E-state index < -0.39 is 17.6 Å². The lowest BCUT2D eigenvalue weighted by Crippen LogP contribution is -2.12. The molecule has 0 radical (unpaired) electrons. The normalized spacial score (nSPS) is 11.4. The smallest absolute Gasteiger partial charge is 0.418 e. The van der Waals surface area contributed by atoms with Gasteiger partial charge in [0, 0.05) is 23.0 Å². The minimum Gasteiger partial charge on any atom is -0.496 e. The SMILES string of the molecule is COc1cc(C(=O)Nc2ccc(C(C)C)cc2)ccc1-c1ncccc1C(F)(F)F. The van der Waals surface area contributed by atoms with Gasteiger partial charge in [0.25, 0.3) is 5.91 Å². The van der Waals surface area contributed by atoms with Crippen LogP contribution in [0.1, 0.15) is 41.3 Å². The highest BCUT2D eigenvalue weighted by Crippen LogP contribution is 2.39. The summed E-state index contributed by atoms with van der Waals surface area (Å²) in [5.41, 5.74) is 1.06. The van der Waals surface area contributed by atoms with Gasteiger partial charge < -0.3 is 10.1 Å². The summed E-state index contributed by atoms with van der Waals surface area (Å²) in [5.74, 6) is 0.107. The topological polar surface area (TPSA) is 51.2 Å². The van der Waals surface area contributed by atoms with Crippen molar-refractivity contribution in [2.45, 2.75) is 25.9 Å². The van der Waals surface area contributed by atoms with Gasteiger partial charge in [-0.1, -0.05) is 26.0 Å². The average molecular weight is 414 g/mol. The van der Waals surface area contributed by atoms with Gasteiger partial charge in [-0.05, 0) is 53.9 Å². The highest BCUT2D eigenvalue weighted by Gasteiger charge is 2.35. The summed E-state index contributed by atoms with van der Waals surface area (Å²) >= 11 is 0. The second-order valence-electron chi connectivity index (χ2n) is 7.04. The second kappa shape index (κ2) is 8.57. The molecule has 0 aliphatic heterocycles. The van der Waals surface area contributed by atoms with E-state index in [4.69, 9.17) is 4.74 Å². The van der Waals surface area contributed by atoms with Gasteiger partial charge in [-0.15, -0.1) is 0 Å². The molecule has 0 atom stereocenters. The Labute approximate surface area is 172 Å². The summed E-state index contributed by atoms with van der Waals surface area (Å²) in [5, 5.41) is 2.78. The number of pyridine rings is 1. The predicted molar refractivity (Wildman–Crippen MR) is 110 cm³/mol. The molecular formula is C23H21F3N2O2. The molecule has 7 heteroatoms. The standard InChI is InChI=1S/C23H21F3N2O2/c1-14(2)15-6-9-17(10-7-15)28-22(29)16-8-11-18(20(13-16)30-3)21-19(23(24,25)26)5-4-12-27-21/h4-14H,1-3H3,(H,28,29). The van der Waals surface area contributed by atoms with Gasteiger partial charge in [-0.2, -0.15) is 13.2 Å². The zero-order valence-corrected chi connectivity index (χ0v) is 16.7. The van der Waals surface area contributed by atoms with Crippen LogP contribution in [-0.2, 0) is 6.18 Å². The zero-order chi connectivity index (χ0) is 21.9. The molecule has 156 valence electrons. The largest absolute Gasteiger partial charge is 0.496 e. The number of aromatic nitrogens is 1. The van der Waals surface area contributed by atoms with E-state index in [1.807, 2.05) is 24.3 Å². The van der Waals surface area contributed by atoms with Crippen LogP contribution in [0.4, 0.5) is 18.9 Å². The van der Waals surface area contributed by atoms with Crippen LogP contribution in [0.5, 0.6) is 5.75 Å². The van der Waals surface area contributed by atoms with Crippen molar-refractivity contribution in [3.8, 4) is 17.0 Å². The van der Waals surface area contributed by atoms with Crippen molar-refractivity contribution in [3.63, 3.8) is 0 Å². The van der Waals surface area contributed by atoms with E-state index in [2.05, 4.69) is 24.1 Å². The van der Waals surface area contributed by atoms with Crippen LogP contribution in [0, 0.1) is 0 Å². The van der Waals surface area contributed by atoms with E-state index in [1.54, 1.807) is 0 Å². The van der Waals surface area contributed by atoms with Crippen LogP contribution in [0.2, 0.25) is 0 Å². The maximum absolute atomic E-state index is 13.4. The molecule has 30 heavy (non-hydrogen) atoms. The lowest BCUT2D eigenvalue weighted by Gasteiger charge is -2.15. The Morgan fingerprint density at radius 1 is 1.07 bits per heavy atom. The summed E-state index contributed by atoms with van der Waals surface area (Å²) < 4.78 is 45.3. The Bertz CT molecular complexity index is 1050. The maximum atomic E-state index is 13.4. The van der Waals surface area contributed by atoms with Gasteiger partial charge in [0.05, 0.1) is 18.4 Å². The first kappa shape index (κ1) is 21.4. The molecule has 0 saturated carbocycles. The van der Waals surface area contributed by atoms with E-state index in [1.165, 1.54) is 37.6 Å². The summed E-state index contributed by atoms with van der Waals surface area (Å²) in [6.07, 6.45) is -3.28. The van der Waals surface area contributed by atoms with Crippen LogP contribution in [0.15, 0.2) is 60.8 Å². The van der Waals surface area contributed by atoms with Gasteiger partial charge in [0.1, 0.15) is 5.75 Å². The van der Waals surface area contributed by atoms with Crippen LogP contribution in [0.25, 0.3) is 11.3 Å². The molecule has 3 rings (SSSR count). The highest BCUT2D eigenvalue weighted by molar-refractivity contribution is 6.05. The quantitative estimate of drug-likeness (QED) is 0.545. The number of hydrogen-bond acceptors (Lipinski definition) is 3. The van der Waals surface area contributed by atoms with Gasteiger partial charge in [-0.3, -0.25) is 9.78 Å². The van der Waals surface area contributed by atoms with Gasteiger partial charge >= 0.3 is 6.18 Å². The molecule has 1 N–H and O–H groups in total. The Morgan fingerprint density at radius 2 is 1.77 bits per heavy atom. The minimum atomic E-state index is -4.56. The molecule has 1 amide bonds. The van der Waals surface area contributed by atoms with Gasteiger partial charge in [-0.25, -0.2) is 0 Å². The number of benzene rings is 2.